The lowest BCUT2D eigenvalue weighted by atomic mass is 9.78. The quantitative estimate of drug-likeness (QED) is 0.672. The second-order valence-corrected chi connectivity index (χ2v) is 7.12. The first-order chi connectivity index (χ1) is 12.4. The summed E-state index contributed by atoms with van der Waals surface area (Å²) in [7, 11) is 0. The number of fused-ring (bicyclic) bond motifs is 1. The summed E-state index contributed by atoms with van der Waals surface area (Å²) in [6.45, 7) is 0. The van der Waals surface area contributed by atoms with Gasteiger partial charge in [0.2, 0.25) is 0 Å². The molecule has 0 saturated carbocycles. The number of rotatable bonds is 3. The summed E-state index contributed by atoms with van der Waals surface area (Å²) in [5, 5.41) is 8.98. The molecule has 0 saturated heterocycles. The van der Waals surface area contributed by atoms with E-state index < -0.39 is 0 Å². The van der Waals surface area contributed by atoms with Crippen LogP contribution < -0.4 is 0 Å². The summed E-state index contributed by atoms with van der Waals surface area (Å²) in [6, 6.07) is 19.3. The van der Waals surface area contributed by atoms with Crippen LogP contribution in [0.15, 0.2) is 77.9 Å². The van der Waals surface area contributed by atoms with E-state index in [1.54, 1.807) is 11.1 Å². The van der Waals surface area contributed by atoms with Crippen molar-refractivity contribution in [1.82, 2.24) is 15.0 Å². The third-order valence-electron chi connectivity index (χ3n) is 5.66. The average molecular weight is 327 g/mol. The maximum atomic E-state index is 4.57. The molecule has 0 N–H and O–H groups in total. The summed E-state index contributed by atoms with van der Waals surface area (Å²) < 4.78 is 2.15. The van der Waals surface area contributed by atoms with Gasteiger partial charge in [-0.1, -0.05) is 65.4 Å². The normalized spacial score (nSPS) is 20.9. The molecule has 2 aliphatic carbocycles. The van der Waals surface area contributed by atoms with Crippen molar-refractivity contribution in [2.24, 2.45) is 5.92 Å². The van der Waals surface area contributed by atoms with E-state index >= 15 is 0 Å². The predicted octanol–water partition coefficient (Wildman–Crippen LogP) is 5.08. The lowest BCUT2D eigenvalue weighted by Gasteiger charge is -2.32. The summed E-state index contributed by atoms with van der Waals surface area (Å²) in [4.78, 5) is 0. The van der Waals surface area contributed by atoms with Gasteiger partial charge in [0.1, 0.15) is 5.52 Å². The Morgan fingerprint density at radius 2 is 1.84 bits per heavy atom. The maximum Gasteiger partial charge on any atom is 0.113 e. The number of nitrogens with zero attached hydrogens (tertiary/aromatic N) is 3. The lowest BCUT2D eigenvalue weighted by Crippen LogP contribution is -2.24. The second-order valence-electron chi connectivity index (χ2n) is 7.12. The third-order valence-corrected chi connectivity index (χ3v) is 5.66. The van der Waals surface area contributed by atoms with Crippen LogP contribution in [0.2, 0.25) is 0 Å². The molecule has 0 aliphatic heterocycles. The Morgan fingerprint density at radius 1 is 1.00 bits per heavy atom. The molecule has 124 valence electrons. The molecule has 2 unspecified atom stereocenters. The van der Waals surface area contributed by atoms with E-state index in [4.69, 9.17) is 0 Å². The molecule has 3 aromatic rings. The fourth-order valence-corrected chi connectivity index (χ4v) is 4.44. The first-order valence-electron chi connectivity index (χ1n) is 9.12. The van der Waals surface area contributed by atoms with Gasteiger partial charge in [0.25, 0.3) is 0 Å². The van der Waals surface area contributed by atoms with Gasteiger partial charge in [-0.15, -0.1) is 5.10 Å². The fraction of sp³-hybridized carbons (Fsp3) is 0.273. The molecule has 0 radical (unpaired) electrons. The van der Waals surface area contributed by atoms with E-state index in [9.17, 15) is 0 Å². The van der Waals surface area contributed by atoms with Crippen molar-refractivity contribution in [2.45, 2.75) is 31.7 Å². The molecule has 5 rings (SSSR count). The van der Waals surface area contributed by atoms with E-state index in [1.807, 2.05) is 12.1 Å². The van der Waals surface area contributed by atoms with Gasteiger partial charge in [-0.05, 0) is 54.9 Å². The van der Waals surface area contributed by atoms with Crippen molar-refractivity contribution < 1.29 is 0 Å². The Bertz CT molecular complexity index is 965. The minimum Gasteiger partial charge on any atom is -0.237 e. The number of para-hydroxylation sites is 1. The lowest BCUT2D eigenvalue weighted by molar-refractivity contribution is 0.322. The van der Waals surface area contributed by atoms with E-state index in [-0.39, 0.29) is 6.04 Å². The number of benzene rings is 2. The summed E-state index contributed by atoms with van der Waals surface area (Å²) in [5.74, 6) is 0.550. The molecule has 1 heterocycles. The highest BCUT2D eigenvalue weighted by molar-refractivity contribution is 5.74. The first kappa shape index (κ1) is 14.6. The van der Waals surface area contributed by atoms with Crippen LogP contribution in [0.3, 0.4) is 0 Å². The van der Waals surface area contributed by atoms with Crippen LogP contribution in [0.1, 0.15) is 37.3 Å². The molecule has 3 nitrogen and oxygen atoms in total. The van der Waals surface area contributed by atoms with Gasteiger partial charge < -0.3 is 0 Å². The van der Waals surface area contributed by atoms with Gasteiger partial charge in [0.15, 0.2) is 0 Å². The molecule has 25 heavy (non-hydrogen) atoms. The Balaban J connectivity index is 1.61. The zero-order chi connectivity index (χ0) is 16.6. The maximum absolute atomic E-state index is 4.57. The molecule has 1 aromatic heterocycles. The van der Waals surface area contributed by atoms with Crippen LogP contribution in [0.25, 0.3) is 11.0 Å². The van der Waals surface area contributed by atoms with E-state index in [0.29, 0.717) is 5.92 Å². The summed E-state index contributed by atoms with van der Waals surface area (Å²) in [6.07, 6.45) is 9.37. The number of allylic oxidation sites excluding steroid dienone is 4. The highest BCUT2D eigenvalue weighted by Gasteiger charge is 2.31. The van der Waals surface area contributed by atoms with Crippen molar-refractivity contribution in [3.05, 3.63) is 83.5 Å². The van der Waals surface area contributed by atoms with Crippen LogP contribution in [-0.4, -0.2) is 15.0 Å². The average Bonchev–Trinajstić information content (AvgIpc) is 3.30. The SMILES string of the molecule is C1=CC2=C(C1)CCC(C(c1ccccc1)n1nnc3ccccc31)C2. The van der Waals surface area contributed by atoms with Crippen molar-refractivity contribution in [3.8, 4) is 0 Å². The standard InChI is InChI=1S/C22H21N3/c1-2-7-17(8-3-1)22(19-14-13-16-9-6-10-18(16)15-19)25-21-12-5-4-11-20(21)23-24-25/h1-8,10-12,19,22H,9,13-15H2. The van der Waals surface area contributed by atoms with Gasteiger partial charge in [-0.25, -0.2) is 4.68 Å². The molecule has 2 atom stereocenters. The molecule has 3 heteroatoms. The first-order valence-corrected chi connectivity index (χ1v) is 9.12. The third kappa shape index (κ3) is 2.51. The second kappa shape index (κ2) is 5.99. The van der Waals surface area contributed by atoms with Gasteiger partial charge in [-0.2, -0.15) is 0 Å². The number of hydrogen-bond acceptors (Lipinski definition) is 2. The molecule has 0 spiro atoms. The van der Waals surface area contributed by atoms with Crippen LogP contribution in [0, 0.1) is 5.92 Å². The van der Waals surface area contributed by atoms with Crippen molar-refractivity contribution in [1.29, 1.82) is 0 Å². The molecular formula is C22H21N3. The topological polar surface area (TPSA) is 30.7 Å². The molecule has 0 amide bonds. The van der Waals surface area contributed by atoms with Crippen molar-refractivity contribution in [2.75, 3.05) is 0 Å². The van der Waals surface area contributed by atoms with E-state index in [2.05, 4.69) is 69.6 Å². The van der Waals surface area contributed by atoms with Crippen LogP contribution >= 0.6 is 0 Å². The van der Waals surface area contributed by atoms with E-state index in [0.717, 1.165) is 23.9 Å². The number of hydrogen-bond donors (Lipinski definition) is 0. The Kier molecular flexibility index (Phi) is 3.51. The highest BCUT2D eigenvalue weighted by atomic mass is 15.4. The minimum absolute atomic E-state index is 0.233. The Morgan fingerprint density at radius 3 is 2.76 bits per heavy atom. The van der Waals surface area contributed by atoms with Crippen LogP contribution in [-0.2, 0) is 0 Å². The van der Waals surface area contributed by atoms with Gasteiger partial charge in [0, 0.05) is 0 Å². The monoisotopic (exact) mass is 327 g/mol. The highest BCUT2D eigenvalue weighted by Crippen LogP contribution is 2.43. The minimum atomic E-state index is 0.233. The van der Waals surface area contributed by atoms with E-state index in [1.165, 1.54) is 18.4 Å². The zero-order valence-electron chi connectivity index (χ0n) is 14.2. The molecule has 0 bridgehead atoms. The Hall–Kier alpha value is -2.68. The summed E-state index contributed by atoms with van der Waals surface area (Å²) in [5.41, 5.74) is 6.63. The summed E-state index contributed by atoms with van der Waals surface area (Å²) >= 11 is 0. The molecule has 0 fully saturated rings. The van der Waals surface area contributed by atoms with Crippen LogP contribution in [0.5, 0.6) is 0 Å². The van der Waals surface area contributed by atoms with Crippen molar-refractivity contribution >= 4 is 11.0 Å². The molecular weight excluding hydrogens is 306 g/mol. The van der Waals surface area contributed by atoms with Crippen molar-refractivity contribution in [3.63, 3.8) is 0 Å². The zero-order valence-corrected chi connectivity index (χ0v) is 14.2. The van der Waals surface area contributed by atoms with Crippen LogP contribution in [0.4, 0.5) is 0 Å². The van der Waals surface area contributed by atoms with Gasteiger partial charge >= 0.3 is 0 Å². The fourth-order valence-electron chi connectivity index (χ4n) is 4.44. The predicted molar refractivity (Wildman–Crippen MR) is 100 cm³/mol. The smallest absolute Gasteiger partial charge is 0.113 e. The number of aromatic nitrogens is 3. The molecule has 2 aliphatic rings. The van der Waals surface area contributed by atoms with Gasteiger partial charge in [0.05, 0.1) is 11.6 Å². The molecule has 2 aromatic carbocycles. The largest absolute Gasteiger partial charge is 0.237 e. The van der Waals surface area contributed by atoms with Gasteiger partial charge in [-0.3, -0.25) is 0 Å². The Labute approximate surface area is 147 Å².